The molecule has 0 saturated heterocycles. The van der Waals surface area contributed by atoms with Crippen LogP contribution in [0.15, 0.2) is 42.5 Å². The minimum absolute atomic E-state index is 0.0307. The van der Waals surface area contributed by atoms with E-state index in [-0.39, 0.29) is 12.3 Å². The van der Waals surface area contributed by atoms with Gasteiger partial charge in [-0.1, -0.05) is 23.8 Å². The van der Waals surface area contributed by atoms with Gasteiger partial charge in [0, 0.05) is 11.6 Å². The Balaban J connectivity index is 2.23. The summed E-state index contributed by atoms with van der Waals surface area (Å²) >= 11 is 0. The van der Waals surface area contributed by atoms with Crippen LogP contribution < -0.4 is 4.74 Å². The standard InChI is InChI=1S/C16H17NO4/c1-11-7-8-16(14(9-11)12(2)18)21-10-13-5-3-4-6-15(13)17(19)20/h3-9,12,18H,10H2,1-2H3/t12-/m1/s1. The molecule has 0 fully saturated rings. The average molecular weight is 287 g/mol. The number of nitro groups is 1. The third-order valence-electron chi connectivity index (χ3n) is 3.19. The predicted octanol–water partition coefficient (Wildman–Crippen LogP) is 3.54. The fraction of sp³-hybridized carbons (Fsp3) is 0.250. The van der Waals surface area contributed by atoms with Gasteiger partial charge in [-0.05, 0) is 32.0 Å². The molecule has 0 unspecified atom stereocenters. The maximum absolute atomic E-state index is 11.0. The van der Waals surface area contributed by atoms with E-state index < -0.39 is 11.0 Å². The van der Waals surface area contributed by atoms with Crippen LogP contribution in [-0.4, -0.2) is 10.0 Å². The lowest BCUT2D eigenvalue weighted by Crippen LogP contribution is -2.03. The average Bonchev–Trinajstić information content (AvgIpc) is 2.46. The summed E-state index contributed by atoms with van der Waals surface area (Å²) in [6.45, 7) is 3.67. The van der Waals surface area contributed by atoms with Gasteiger partial charge < -0.3 is 9.84 Å². The molecule has 0 spiro atoms. The van der Waals surface area contributed by atoms with Crippen molar-refractivity contribution in [1.82, 2.24) is 0 Å². The van der Waals surface area contributed by atoms with Gasteiger partial charge in [0.1, 0.15) is 12.4 Å². The van der Waals surface area contributed by atoms with Gasteiger partial charge in [-0.25, -0.2) is 0 Å². The molecule has 0 amide bonds. The highest BCUT2D eigenvalue weighted by atomic mass is 16.6. The second kappa shape index (κ2) is 6.37. The normalized spacial score (nSPS) is 12.0. The summed E-state index contributed by atoms with van der Waals surface area (Å²) in [7, 11) is 0. The number of nitrogens with zero attached hydrogens (tertiary/aromatic N) is 1. The molecule has 0 aliphatic heterocycles. The quantitative estimate of drug-likeness (QED) is 0.674. The fourth-order valence-corrected chi connectivity index (χ4v) is 2.09. The fourth-order valence-electron chi connectivity index (χ4n) is 2.09. The molecule has 0 heterocycles. The Labute approximate surface area is 123 Å². The zero-order valence-electron chi connectivity index (χ0n) is 11.9. The van der Waals surface area contributed by atoms with Crippen LogP contribution in [0, 0.1) is 17.0 Å². The van der Waals surface area contributed by atoms with Gasteiger partial charge in [-0.15, -0.1) is 0 Å². The summed E-state index contributed by atoms with van der Waals surface area (Å²) in [5.41, 5.74) is 2.22. The van der Waals surface area contributed by atoms with Gasteiger partial charge in [0.25, 0.3) is 5.69 Å². The molecule has 0 saturated carbocycles. The molecule has 2 aromatic carbocycles. The van der Waals surface area contributed by atoms with Gasteiger partial charge in [-0.2, -0.15) is 0 Å². The molecule has 21 heavy (non-hydrogen) atoms. The molecule has 5 nitrogen and oxygen atoms in total. The molecule has 0 radical (unpaired) electrons. The van der Waals surface area contributed by atoms with Crippen molar-refractivity contribution in [2.24, 2.45) is 0 Å². The van der Waals surface area contributed by atoms with Crippen LogP contribution in [0.5, 0.6) is 5.75 Å². The SMILES string of the molecule is Cc1ccc(OCc2ccccc2[N+](=O)[O-])c([C@@H](C)O)c1. The Morgan fingerprint density at radius 1 is 1.29 bits per heavy atom. The highest BCUT2D eigenvalue weighted by molar-refractivity contribution is 5.41. The first-order valence-corrected chi connectivity index (χ1v) is 6.62. The lowest BCUT2D eigenvalue weighted by atomic mass is 10.1. The summed E-state index contributed by atoms with van der Waals surface area (Å²) < 4.78 is 5.67. The van der Waals surface area contributed by atoms with Crippen molar-refractivity contribution in [3.63, 3.8) is 0 Å². The largest absolute Gasteiger partial charge is 0.488 e. The summed E-state index contributed by atoms with van der Waals surface area (Å²) in [6.07, 6.45) is -0.661. The lowest BCUT2D eigenvalue weighted by Gasteiger charge is -2.14. The number of hydrogen-bond donors (Lipinski definition) is 1. The molecule has 0 bridgehead atoms. The van der Waals surface area contributed by atoms with Gasteiger partial charge >= 0.3 is 0 Å². The van der Waals surface area contributed by atoms with Gasteiger partial charge in [0.05, 0.1) is 16.6 Å². The van der Waals surface area contributed by atoms with Gasteiger partial charge in [0.2, 0.25) is 0 Å². The molecule has 0 aliphatic carbocycles. The predicted molar refractivity (Wildman–Crippen MR) is 79.2 cm³/mol. The summed E-state index contributed by atoms with van der Waals surface area (Å²) in [5.74, 6) is 0.536. The van der Waals surface area contributed by atoms with E-state index in [0.29, 0.717) is 16.9 Å². The van der Waals surface area contributed by atoms with Crippen molar-refractivity contribution in [3.8, 4) is 5.75 Å². The molecule has 2 rings (SSSR count). The summed E-state index contributed by atoms with van der Waals surface area (Å²) in [4.78, 5) is 10.5. The zero-order chi connectivity index (χ0) is 15.4. The lowest BCUT2D eigenvalue weighted by molar-refractivity contribution is -0.385. The van der Waals surface area contributed by atoms with Crippen LogP contribution in [0.4, 0.5) is 5.69 Å². The maximum atomic E-state index is 11.0. The van der Waals surface area contributed by atoms with Crippen LogP contribution in [-0.2, 0) is 6.61 Å². The van der Waals surface area contributed by atoms with Crippen molar-refractivity contribution in [3.05, 3.63) is 69.3 Å². The molecular formula is C16H17NO4. The third kappa shape index (κ3) is 3.58. The first-order chi connectivity index (χ1) is 9.99. The molecule has 0 aromatic heterocycles. The van der Waals surface area contributed by atoms with E-state index in [2.05, 4.69) is 0 Å². The monoisotopic (exact) mass is 287 g/mol. The van der Waals surface area contributed by atoms with E-state index in [9.17, 15) is 15.2 Å². The van der Waals surface area contributed by atoms with Crippen molar-refractivity contribution in [1.29, 1.82) is 0 Å². The molecule has 1 atom stereocenters. The van der Waals surface area contributed by atoms with Crippen LogP contribution in [0.3, 0.4) is 0 Å². The van der Waals surface area contributed by atoms with Crippen LogP contribution in [0.1, 0.15) is 29.7 Å². The Morgan fingerprint density at radius 3 is 2.67 bits per heavy atom. The first kappa shape index (κ1) is 15.0. The van der Waals surface area contributed by atoms with E-state index in [1.807, 2.05) is 19.1 Å². The minimum atomic E-state index is -0.661. The molecule has 2 aromatic rings. The minimum Gasteiger partial charge on any atom is -0.488 e. The summed E-state index contributed by atoms with van der Waals surface area (Å²) in [6, 6.07) is 12.0. The van der Waals surface area contributed by atoms with E-state index in [4.69, 9.17) is 4.74 Å². The molecule has 1 N–H and O–H groups in total. The number of aliphatic hydroxyl groups is 1. The Hall–Kier alpha value is -2.40. The van der Waals surface area contributed by atoms with Crippen molar-refractivity contribution in [2.45, 2.75) is 26.6 Å². The van der Waals surface area contributed by atoms with E-state index in [0.717, 1.165) is 5.56 Å². The highest BCUT2D eigenvalue weighted by Crippen LogP contribution is 2.28. The maximum Gasteiger partial charge on any atom is 0.276 e. The van der Waals surface area contributed by atoms with Crippen molar-refractivity contribution >= 4 is 5.69 Å². The number of aryl methyl sites for hydroxylation is 1. The molecule has 110 valence electrons. The van der Waals surface area contributed by atoms with Crippen LogP contribution in [0.2, 0.25) is 0 Å². The number of aliphatic hydroxyl groups excluding tert-OH is 1. The second-order valence-electron chi connectivity index (χ2n) is 4.89. The first-order valence-electron chi connectivity index (χ1n) is 6.62. The second-order valence-corrected chi connectivity index (χ2v) is 4.89. The van der Waals surface area contributed by atoms with Gasteiger partial charge in [-0.3, -0.25) is 10.1 Å². The number of para-hydroxylation sites is 1. The number of rotatable bonds is 5. The van der Waals surface area contributed by atoms with E-state index >= 15 is 0 Å². The van der Waals surface area contributed by atoms with Gasteiger partial charge in [0.15, 0.2) is 0 Å². The summed E-state index contributed by atoms with van der Waals surface area (Å²) in [5, 5.41) is 20.7. The number of nitro benzene ring substituents is 1. The topological polar surface area (TPSA) is 72.6 Å². The molecule has 5 heteroatoms. The zero-order valence-corrected chi connectivity index (χ0v) is 11.9. The number of hydrogen-bond acceptors (Lipinski definition) is 4. The highest BCUT2D eigenvalue weighted by Gasteiger charge is 2.14. The number of ether oxygens (including phenoxy) is 1. The van der Waals surface area contributed by atoms with Crippen molar-refractivity contribution < 1.29 is 14.8 Å². The van der Waals surface area contributed by atoms with Crippen LogP contribution >= 0.6 is 0 Å². The number of benzene rings is 2. The molecular weight excluding hydrogens is 270 g/mol. The van der Waals surface area contributed by atoms with E-state index in [1.54, 1.807) is 31.2 Å². The van der Waals surface area contributed by atoms with Crippen LogP contribution in [0.25, 0.3) is 0 Å². The van der Waals surface area contributed by atoms with E-state index in [1.165, 1.54) is 6.07 Å². The Bertz CT molecular complexity index is 652. The van der Waals surface area contributed by atoms with Crippen molar-refractivity contribution in [2.75, 3.05) is 0 Å². The molecule has 0 aliphatic rings. The third-order valence-corrected chi connectivity index (χ3v) is 3.19. The Kier molecular flexibility index (Phi) is 4.55. The Morgan fingerprint density at radius 2 is 2.00 bits per heavy atom. The smallest absolute Gasteiger partial charge is 0.276 e.